The van der Waals surface area contributed by atoms with Crippen molar-refractivity contribution in [3.63, 3.8) is 0 Å². The van der Waals surface area contributed by atoms with E-state index in [-0.39, 0.29) is 5.54 Å². The van der Waals surface area contributed by atoms with E-state index >= 15 is 0 Å². The van der Waals surface area contributed by atoms with Crippen molar-refractivity contribution in [2.24, 2.45) is 5.73 Å². The third-order valence-corrected chi connectivity index (χ3v) is 3.92. The van der Waals surface area contributed by atoms with Crippen LogP contribution in [0.4, 0.5) is 0 Å². The minimum Gasteiger partial charge on any atom is -0.497 e. The van der Waals surface area contributed by atoms with Crippen LogP contribution in [0.2, 0.25) is 0 Å². The Labute approximate surface area is 104 Å². The average molecular weight is 233 g/mol. The third kappa shape index (κ3) is 2.47. The Morgan fingerprint density at radius 2 is 2.18 bits per heavy atom. The molecule has 1 unspecified atom stereocenters. The predicted octanol–water partition coefficient (Wildman–Crippen LogP) is 3.38. The zero-order valence-electron chi connectivity index (χ0n) is 11.0. The van der Waals surface area contributed by atoms with Crippen molar-refractivity contribution >= 4 is 0 Å². The van der Waals surface area contributed by atoms with Crippen LogP contribution < -0.4 is 10.5 Å². The molecular formula is C15H23NO. The number of benzene rings is 1. The van der Waals surface area contributed by atoms with Gasteiger partial charge in [-0.05, 0) is 42.5 Å². The first-order chi connectivity index (χ1) is 8.19. The molecule has 1 atom stereocenters. The summed E-state index contributed by atoms with van der Waals surface area (Å²) in [7, 11) is 1.71. The van der Waals surface area contributed by atoms with Gasteiger partial charge in [-0.25, -0.2) is 0 Å². The Morgan fingerprint density at radius 1 is 1.35 bits per heavy atom. The SMILES string of the molecule is CCCCCC1(N)CCc2ccc(OC)cc21. The lowest BCUT2D eigenvalue weighted by Crippen LogP contribution is -2.34. The number of methoxy groups -OCH3 is 1. The van der Waals surface area contributed by atoms with E-state index < -0.39 is 0 Å². The summed E-state index contributed by atoms with van der Waals surface area (Å²) in [6, 6.07) is 6.34. The Balaban J connectivity index is 2.18. The zero-order valence-corrected chi connectivity index (χ0v) is 11.0. The fourth-order valence-electron chi connectivity index (χ4n) is 2.81. The number of rotatable bonds is 5. The first kappa shape index (κ1) is 12.4. The van der Waals surface area contributed by atoms with E-state index in [1.807, 2.05) is 6.07 Å². The van der Waals surface area contributed by atoms with E-state index in [0.29, 0.717) is 0 Å². The van der Waals surface area contributed by atoms with Crippen LogP contribution in [0.25, 0.3) is 0 Å². The average Bonchev–Trinajstić information content (AvgIpc) is 2.67. The summed E-state index contributed by atoms with van der Waals surface area (Å²) < 4.78 is 5.30. The maximum absolute atomic E-state index is 6.58. The predicted molar refractivity (Wildman–Crippen MR) is 71.3 cm³/mol. The molecule has 2 heteroatoms. The second kappa shape index (κ2) is 5.09. The van der Waals surface area contributed by atoms with E-state index in [1.165, 1.54) is 30.4 Å². The summed E-state index contributed by atoms with van der Waals surface area (Å²) in [5.74, 6) is 0.927. The van der Waals surface area contributed by atoms with Crippen molar-refractivity contribution in [1.82, 2.24) is 0 Å². The van der Waals surface area contributed by atoms with Crippen LogP contribution in [0.5, 0.6) is 5.75 Å². The third-order valence-electron chi connectivity index (χ3n) is 3.92. The summed E-state index contributed by atoms with van der Waals surface area (Å²) in [6.07, 6.45) is 7.05. The van der Waals surface area contributed by atoms with Gasteiger partial charge in [-0.3, -0.25) is 0 Å². The van der Waals surface area contributed by atoms with Crippen molar-refractivity contribution in [3.8, 4) is 5.75 Å². The normalized spacial score (nSPS) is 22.5. The molecule has 0 saturated heterocycles. The first-order valence-corrected chi connectivity index (χ1v) is 6.66. The van der Waals surface area contributed by atoms with Gasteiger partial charge in [0.1, 0.15) is 5.75 Å². The smallest absolute Gasteiger partial charge is 0.119 e. The van der Waals surface area contributed by atoms with Gasteiger partial charge < -0.3 is 10.5 Å². The van der Waals surface area contributed by atoms with Crippen molar-refractivity contribution in [3.05, 3.63) is 29.3 Å². The van der Waals surface area contributed by atoms with Crippen LogP contribution >= 0.6 is 0 Å². The van der Waals surface area contributed by atoms with Crippen molar-refractivity contribution < 1.29 is 4.74 Å². The molecule has 94 valence electrons. The number of hydrogen-bond acceptors (Lipinski definition) is 2. The second-order valence-corrected chi connectivity index (χ2v) is 5.14. The number of unbranched alkanes of at least 4 members (excludes halogenated alkanes) is 2. The quantitative estimate of drug-likeness (QED) is 0.791. The largest absolute Gasteiger partial charge is 0.497 e. The molecule has 1 aliphatic rings. The molecule has 0 saturated carbocycles. The van der Waals surface area contributed by atoms with Gasteiger partial charge in [0, 0.05) is 5.54 Å². The van der Waals surface area contributed by atoms with Crippen molar-refractivity contribution in [2.45, 2.75) is 51.0 Å². The molecule has 17 heavy (non-hydrogen) atoms. The van der Waals surface area contributed by atoms with E-state index in [4.69, 9.17) is 10.5 Å². The van der Waals surface area contributed by atoms with Crippen LogP contribution in [-0.4, -0.2) is 7.11 Å². The number of ether oxygens (including phenoxy) is 1. The van der Waals surface area contributed by atoms with Crippen molar-refractivity contribution in [2.75, 3.05) is 7.11 Å². The summed E-state index contributed by atoms with van der Waals surface area (Å²) in [4.78, 5) is 0. The second-order valence-electron chi connectivity index (χ2n) is 5.14. The topological polar surface area (TPSA) is 35.2 Å². The highest BCUT2D eigenvalue weighted by Crippen LogP contribution is 2.40. The minimum absolute atomic E-state index is 0.112. The molecule has 1 aromatic carbocycles. The molecule has 1 aliphatic carbocycles. The monoisotopic (exact) mass is 233 g/mol. The number of fused-ring (bicyclic) bond motifs is 1. The van der Waals surface area contributed by atoms with E-state index in [9.17, 15) is 0 Å². The lowest BCUT2D eigenvalue weighted by Gasteiger charge is -2.25. The van der Waals surface area contributed by atoms with Crippen molar-refractivity contribution in [1.29, 1.82) is 0 Å². The lowest BCUT2D eigenvalue weighted by atomic mass is 9.87. The number of aryl methyl sites for hydroxylation is 1. The molecule has 0 spiro atoms. The van der Waals surface area contributed by atoms with Crippen LogP contribution in [0.15, 0.2) is 18.2 Å². The molecule has 2 N–H and O–H groups in total. The van der Waals surface area contributed by atoms with Gasteiger partial charge in [0.2, 0.25) is 0 Å². The van der Waals surface area contributed by atoms with Crippen LogP contribution in [0.1, 0.15) is 50.2 Å². The molecule has 2 nitrogen and oxygen atoms in total. The molecule has 0 heterocycles. The maximum Gasteiger partial charge on any atom is 0.119 e. The van der Waals surface area contributed by atoms with Gasteiger partial charge in [-0.15, -0.1) is 0 Å². The molecule has 0 amide bonds. The molecule has 0 aromatic heterocycles. The summed E-state index contributed by atoms with van der Waals surface area (Å²) in [6.45, 7) is 2.23. The van der Waals surface area contributed by atoms with Gasteiger partial charge in [0.25, 0.3) is 0 Å². The zero-order chi connectivity index (χ0) is 12.3. The number of nitrogens with two attached hydrogens (primary N) is 1. The Morgan fingerprint density at radius 3 is 2.88 bits per heavy atom. The number of hydrogen-bond donors (Lipinski definition) is 1. The van der Waals surface area contributed by atoms with E-state index in [0.717, 1.165) is 25.0 Å². The molecule has 0 radical (unpaired) electrons. The van der Waals surface area contributed by atoms with Crippen LogP contribution in [0, 0.1) is 0 Å². The lowest BCUT2D eigenvalue weighted by molar-refractivity contribution is 0.382. The van der Waals surface area contributed by atoms with Gasteiger partial charge in [-0.2, -0.15) is 0 Å². The first-order valence-electron chi connectivity index (χ1n) is 6.66. The Kier molecular flexibility index (Phi) is 3.72. The van der Waals surface area contributed by atoms with Gasteiger partial charge in [0.05, 0.1) is 7.11 Å². The maximum atomic E-state index is 6.58. The molecule has 1 aromatic rings. The Bertz CT molecular complexity index is 389. The standard InChI is InChI=1S/C15H23NO/c1-3-4-5-9-15(16)10-8-12-6-7-13(17-2)11-14(12)15/h6-7,11H,3-5,8-10,16H2,1-2H3. The summed E-state index contributed by atoms with van der Waals surface area (Å²) in [5, 5.41) is 0. The fourth-order valence-corrected chi connectivity index (χ4v) is 2.81. The fraction of sp³-hybridized carbons (Fsp3) is 0.600. The molecule has 0 fully saturated rings. The summed E-state index contributed by atoms with van der Waals surface area (Å²) >= 11 is 0. The van der Waals surface area contributed by atoms with E-state index in [1.54, 1.807) is 7.11 Å². The highest BCUT2D eigenvalue weighted by molar-refractivity contribution is 5.43. The molecule has 2 rings (SSSR count). The summed E-state index contributed by atoms with van der Waals surface area (Å²) in [5.41, 5.74) is 9.19. The minimum atomic E-state index is -0.112. The van der Waals surface area contributed by atoms with Gasteiger partial charge in [0.15, 0.2) is 0 Å². The highest BCUT2D eigenvalue weighted by atomic mass is 16.5. The highest BCUT2D eigenvalue weighted by Gasteiger charge is 2.34. The van der Waals surface area contributed by atoms with Crippen LogP contribution in [0.3, 0.4) is 0 Å². The van der Waals surface area contributed by atoms with Crippen LogP contribution in [-0.2, 0) is 12.0 Å². The molecule has 0 aliphatic heterocycles. The van der Waals surface area contributed by atoms with Gasteiger partial charge in [-0.1, -0.05) is 32.3 Å². The molecular weight excluding hydrogens is 210 g/mol. The Hall–Kier alpha value is -1.02. The van der Waals surface area contributed by atoms with Gasteiger partial charge >= 0.3 is 0 Å². The van der Waals surface area contributed by atoms with E-state index in [2.05, 4.69) is 19.1 Å². The molecule has 0 bridgehead atoms.